The quantitative estimate of drug-likeness (QED) is 0.524. The fourth-order valence-corrected chi connectivity index (χ4v) is 2.40. The van der Waals surface area contributed by atoms with Crippen molar-refractivity contribution in [2.24, 2.45) is 5.92 Å². The van der Waals surface area contributed by atoms with Gasteiger partial charge < -0.3 is 4.74 Å². The Bertz CT molecular complexity index is 379. The van der Waals surface area contributed by atoms with Crippen molar-refractivity contribution in [3.8, 4) is 0 Å². The Kier molecular flexibility index (Phi) is 6.86. The van der Waals surface area contributed by atoms with E-state index in [9.17, 15) is 13.2 Å². The molecule has 0 aliphatic carbocycles. The normalized spacial score (nSPS) is 13.5. The van der Waals surface area contributed by atoms with Crippen molar-refractivity contribution in [1.82, 2.24) is 0 Å². The van der Waals surface area contributed by atoms with Crippen LogP contribution < -0.4 is 0 Å². The monoisotopic (exact) mass is 338 g/mol. The lowest BCUT2D eigenvalue weighted by atomic mass is 9.97. The molecule has 5 heteroatoms. The molecule has 0 spiro atoms. The topological polar surface area (TPSA) is 9.23 Å². The zero-order valence-corrected chi connectivity index (χ0v) is 12.4. The number of alkyl halides is 4. The Morgan fingerprint density at radius 1 is 1.32 bits per heavy atom. The van der Waals surface area contributed by atoms with Gasteiger partial charge in [-0.2, -0.15) is 13.2 Å². The van der Waals surface area contributed by atoms with E-state index in [1.165, 1.54) is 11.1 Å². The zero-order valence-electron chi connectivity index (χ0n) is 10.8. The van der Waals surface area contributed by atoms with E-state index in [1.807, 2.05) is 25.1 Å². The van der Waals surface area contributed by atoms with Gasteiger partial charge in [0.15, 0.2) is 0 Å². The summed E-state index contributed by atoms with van der Waals surface area (Å²) in [4.78, 5) is 0. The third kappa shape index (κ3) is 7.57. The number of rotatable bonds is 7. The van der Waals surface area contributed by atoms with Crippen LogP contribution in [-0.4, -0.2) is 24.7 Å². The maximum Gasteiger partial charge on any atom is 0.411 e. The van der Waals surface area contributed by atoms with E-state index in [1.54, 1.807) is 0 Å². The third-order valence-electron chi connectivity index (χ3n) is 2.76. The molecule has 0 saturated heterocycles. The van der Waals surface area contributed by atoms with Crippen molar-refractivity contribution in [1.29, 1.82) is 0 Å². The summed E-state index contributed by atoms with van der Waals surface area (Å²) in [6.45, 7) is 1.01. The Morgan fingerprint density at radius 3 is 2.63 bits per heavy atom. The summed E-state index contributed by atoms with van der Waals surface area (Å²) in [6, 6.07) is 8.17. The number of hydrogen-bond acceptors (Lipinski definition) is 1. The Balaban J connectivity index is 2.34. The first-order valence-electron chi connectivity index (χ1n) is 6.16. The molecule has 0 fully saturated rings. The molecule has 1 atom stereocenters. The number of hydrogen-bond donors (Lipinski definition) is 0. The molecule has 0 aromatic heterocycles. The van der Waals surface area contributed by atoms with Crippen molar-refractivity contribution >= 4 is 15.9 Å². The average molecular weight is 339 g/mol. The maximum absolute atomic E-state index is 11.9. The van der Waals surface area contributed by atoms with Crippen molar-refractivity contribution in [2.45, 2.75) is 25.9 Å². The molecule has 0 heterocycles. The molecular formula is C14H18BrF3O. The Hall–Kier alpha value is -0.550. The van der Waals surface area contributed by atoms with Gasteiger partial charge in [-0.3, -0.25) is 0 Å². The molecule has 1 aromatic rings. The molecule has 1 rings (SSSR count). The molecule has 0 radical (unpaired) electrons. The predicted octanol–water partition coefficient (Wildman–Crippen LogP) is 4.52. The second-order valence-electron chi connectivity index (χ2n) is 4.67. The maximum atomic E-state index is 11.9. The molecule has 0 aliphatic rings. The fraction of sp³-hybridized carbons (Fsp3) is 0.571. The number of ether oxygens (including phenoxy) is 1. The minimum atomic E-state index is -4.24. The largest absolute Gasteiger partial charge is 0.411 e. The van der Waals surface area contributed by atoms with E-state index in [-0.39, 0.29) is 12.5 Å². The van der Waals surface area contributed by atoms with Gasteiger partial charge in [-0.05, 0) is 31.2 Å². The van der Waals surface area contributed by atoms with Gasteiger partial charge in [0.2, 0.25) is 0 Å². The molecule has 19 heavy (non-hydrogen) atoms. The van der Waals surface area contributed by atoms with E-state index in [2.05, 4.69) is 26.7 Å². The van der Waals surface area contributed by atoms with Gasteiger partial charge in [0, 0.05) is 11.9 Å². The lowest BCUT2D eigenvalue weighted by Crippen LogP contribution is -2.19. The highest BCUT2D eigenvalue weighted by molar-refractivity contribution is 9.09. The first-order chi connectivity index (χ1) is 8.90. The van der Waals surface area contributed by atoms with Crippen LogP contribution in [0.4, 0.5) is 13.2 Å². The third-order valence-corrected chi connectivity index (χ3v) is 3.68. The van der Waals surface area contributed by atoms with Crippen LogP contribution in [0, 0.1) is 12.8 Å². The molecule has 108 valence electrons. The van der Waals surface area contributed by atoms with Gasteiger partial charge in [-0.15, -0.1) is 0 Å². The molecule has 0 aliphatic heterocycles. The Morgan fingerprint density at radius 2 is 2.05 bits per heavy atom. The first-order valence-corrected chi connectivity index (χ1v) is 7.29. The van der Waals surface area contributed by atoms with Crippen LogP contribution in [0.15, 0.2) is 24.3 Å². The van der Waals surface area contributed by atoms with Crippen LogP contribution in [0.2, 0.25) is 0 Å². The summed E-state index contributed by atoms with van der Waals surface area (Å²) in [7, 11) is 0. The van der Waals surface area contributed by atoms with Crippen molar-refractivity contribution in [3.63, 3.8) is 0 Å². The summed E-state index contributed by atoms with van der Waals surface area (Å²) >= 11 is 3.41. The number of aryl methyl sites for hydroxylation is 1. The second kappa shape index (κ2) is 7.90. The molecule has 0 bridgehead atoms. The smallest absolute Gasteiger partial charge is 0.372 e. The molecule has 1 unspecified atom stereocenters. The summed E-state index contributed by atoms with van der Waals surface area (Å²) in [6.07, 6.45) is -2.77. The van der Waals surface area contributed by atoms with E-state index in [4.69, 9.17) is 0 Å². The number of halogens is 4. The summed E-state index contributed by atoms with van der Waals surface area (Å²) in [5.41, 5.74) is 2.40. The Labute approximate surface area is 120 Å². The standard InChI is InChI=1S/C14H18BrF3O/c1-11-3-2-4-12(7-11)8-13(9-15)5-6-19-10-14(16,17)18/h2-4,7,13H,5-6,8-10H2,1H3. The van der Waals surface area contributed by atoms with Crippen LogP contribution in [0.1, 0.15) is 17.5 Å². The summed E-state index contributed by atoms with van der Waals surface area (Å²) in [5.74, 6) is 0.287. The molecule has 1 aromatic carbocycles. The van der Waals surface area contributed by atoms with E-state index in [0.717, 1.165) is 11.8 Å². The first kappa shape index (κ1) is 16.5. The molecule has 0 saturated carbocycles. The lowest BCUT2D eigenvalue weighted by molar-refractivity contribution is -0.174. The average Bonchev–Trinajstić information content (AvgIpc) is 2.32. The molecule has 0 N–H and O–H groups in total. The lowest BCUT2D eigenvalue weighted by Gasteiger charge is -2.15. The fourth-order valence-electron chi connectivity index (χ4n) is 1.84. The predicted molar refractivity (Wildman–Crippen MR) is 73.7 cm³/mol. The van der Waals surface area contributed by atoms with Crippen LogP contribution in [0.25, 0.3) is 0 Å². The van der Waals surface area contributed by atoms with Gasteiger partial charge in [-0.1, -0.05) is 45.8 Å². The van der Waals surface area contributed by atoms with Crippen LogP contribution in [-0.2, 0) is 11.2 Å². The molecule has 0 amide bonds. The van der Waals surface area contributed by atoms with Crippen LogP contribution >= 0.6 is 15.9 Å². The minimum Gasteiger partial charge on any atom is -0.372 e. The van der Waals surface area contributed by atoms with E-state index in [0.29, 0.717) is 6.42 Å². The second-order valence-corrected chi connectivity index (χ2v) is 5.32. The van der Waals surface area contributed by atoms with Crippen molar-refractivity contribution < 1.29 is 17.9 Å². The SMILES string of the molecule is Cc1cccc(CC(CBr)CCOCC(F)(F)F)c1. The highest BCUT2D eigenvalue weighted by Crippen LogP contribution is 2.18. The summed E-state index contributed by atoms with van der Waals surface area (Å²) in [5, 5.41) is 0.760. The van der Waals surface area contributed by atoms with Gasteiger partial charge in [0.25, 0.3) is 0 Å². The van der Waals surface area contributed by atoms with Gasteiger partial charge in [-0.25, -0.2) is 0 Å². The van der Waals surface area contributed by atoms with Crippen molar-refractivity contribution in [2.75, 3.05) is 18.5 Å². The van der Waals surface area contributed by atoms with Crippen LogP contribution in [0.3, 0.4) is 0 Å². The van der Waals surface area contributed by atoms with Crippen LogP contribution in [0.5, 0.6) is 0 Å². The highest BCUT2D eigenvalue weighted by Gasteiger charge is 2.27. The van der Waals surface area contributed by atoms with Gasteiger partial charge >= 0.3 is 6.18 Å². The van der Waals surface area contributed by atoms with Crippen molar-refractivity contribution in [3.05, 3.63) is 35.4 Å². The van der Waals surface area contributed by atoms with Gasteiger partial charge in [0.05, 0.1) is 0 Å². The van der Waals surface area contributed by atoms with E-state index < -0.39 is 12.8 Å². The van der Waals surface area contributed by atoms with E-state index >= 15 is 0 Å². The highest BCUT2D eigenvalue weighted by atomic mass is 79.9. The molecule has 1 nitrogen and oxygen atoms in total. The minimum absolute atomic E-state index is 0.140. The number of benzene rings is 1. The summed E-state index contributed by atoms with van der Waals surface area (Å²) < 4.78 is 40.4. The zero-order chi connectivity index (χ0) is 14.3. The van der Waals surface area contributed by atoms with Gasteiger partial charge in [0.1, 0.15) is 6.61 Å². The molecular weight excluding hydrogens is 321 g/mol.